The van der Waals surface area contributed by atoms with Crippen molar-refractivity contribution in [2.24, 2.45) is 5.92 Å². The summed E-state index contributed by atoms with van der Waals surface area (Å²) < 4.78 is 23.1. The van der Waals surface area contributed by atoms with Gasteiger partial charge in [0.05, 0.1) is 18.6 Å². The molecule has 0 aromatic rings. The van der Waals surface area contributed by atoms with Crippen LogP contribution in [-0.4, -0.2) is 80.0 Å². The van der Waals surface area contributed by atoms with Gasteiger partial charge in [-0.15, -0.1) is 0 Å². The first-order valence-electron chi connectivity index (χ1n) is 10.3. The summed E-state index contributed by atoms with van der Waals surface area (Å²) in [6.07, 6.45) is 6.68. The van der Waals surface area contributed by atoms with E-state index in [9.17, 15) is 4.79 Å². The predicted octanol–water partition coefficient (Wildman–Crippen LogP) is 1.56. The molecule has 26 heavy (non-hydrogen) atoms. The van der Waals surface area contributed by atoms with Gasteiger partial charge in [-0.2, -0.15) is 0 Å². The van der Waals surface area contributed by atoms with Gasteiger partial charge in [-0.25, -0.2) is 0 Å². The van der Waals surface area contributed by atoms with Crippen LogP contribution >= 0.6 is 0 Å². The van der Waals surface area contributed by atoms with Crippen LogP contribution in [0.15, 0.2) is 0 Å². The van der Waals surface area contributed by atoms with Crippen LogP contribution in [0, 0.1) is 5.92 Å². The second kappa shape index (κ2) is 8.52. The summed E-state index contributed by atoms with van der Waals surface area (Å²) in [4.78, 5) is 16.8. The number of fused-ring (bicyclic) bond motifs is 1. The average Bonchev–Trinajstić information content (AvgIpc) is 3.37. The number of esters is 1. The van der Waals surface area contributed by atoms with E-state index in [1.165, 1.54) is 12.8 Å². The van der Waals surface area contributed by atoms with Crippen LogP contribution in [0.2, 0.25) is 0 Å². The van der Waals surface area contributed by atoms with E-state index >= 15 is 0 Å². The fraction of sp³-hybridized carbons (Fsp3) is 0.947. The topological polar surface area (TPSA) is 60.5 Å². The van der Waals surface area contributed by atoms with Gasteiger partial charge >= 0.3 is 5.97 Å². The van der Waals surface area contributed by atoms with E-state index in [4.69, 9.17) is 18.9 Å². The molecule has 0 radical (unpaired) electrons. The fourth-order valence-electron chi connectivity index (χ4n) is 4.72. The Bertz CT molecular complexity index is 465. The maximum atomic E-state index is 11.9. The number of carbonyl (C=O) groups is 1. The highest BCUT2D eigenvalue weighted by molar-refractivity contribution is 5.72. The number of rotatable bonds is 6. The van der Waals surface area contributed by atoms with Crippen molar-refractivity contribution >= 4 is 5.97 Å². The van der Waals surface area contributed by atoms with Crippen molar-refractivity contribution < 1.29 is 23.7 Å². The molecule has 3 saturated heterocycles. The van der Waals surface area contributed by atoms with Gasteiger partial charge in [0.2, 0.25) is 0 Å². The Labute approximate surface area is 155 Å². The minimum atomic E-state index is -0.0382. The van der Waals surface area contributed by atoms with Gasteiger partial charge in [-0.05, 0) is 45.4 Å². The van der Waals surface area contributed by atoms with Crippen LogP contribution in [0.3, 0.4) is 0 Å². The molecule has 0 N–H and O–H groups in total. The first kappa shape index (κ1) is 18.6. The van der Waals surface area contributed by atoms with Crippen LogP contribution < -0.4 is 0 Å². The lowest BCUT2D eigenvalue weighted by Crippen LogP contribution is -2.50. The van der Waals surface area contributed by atoms with Crippen LogP contribution in [-0.2, 0) is 23.7 Å². The Morgan fingerprint density at radius 2 is 1.69 bits per heavy atom. The first-order valence-corrected chi connectivity index (χ1v) is 10.3. The summed E-state index contributed by atoms with van der Waals surface area (Å²) in [5.41, 5.74) is 0. The zero-order valence-corrected chi connectivity index (χ0v) is 15.8. The summed E-state index contributed by atoms with van der Waals surface area (Å²) in [6.45, 7) is 6.71. The highest BCUT2D eigenvalue weighted by Crippen LogP contribution is 2.32. The third kappa shape index (κ3) is 4.07. The Hall–Kier alpha value is -0.730. The summed E-state index contributed by atoms with van der Waals surface area (Å²) in [5, 5.41) is 0. The zero-order valence-electron chi connectivity index (χ0n) is 15.8. The third-order valence-corrected chi connectivity index (χ3v) is 6.18. The summed E-state index contributed by atoms with van der Waals surface area (Å²) in [5.74, 6) is 0.0108. The van der Waals surface area contributed by atoms with Crippen LogP contribution in [0.25, 0.3) is 0 Å². The smallest absolute Gasteiger partial charge is 0.308 e. The SMILES string of the molecule is CCOC(=O)[C@H]1CC[C@H](OC(N2CCCC2)N2C[C@@H]3OCO[C@@H]3C2)CC1. The number of nitrogens with zero attached hydrogens (tertiary/aromatic N) is 2. The lowest BCUT2D eigenvalue weighted by molar-refractivity contribution is -0.185. The van der Waals surface area contributed by atoms with Crippen molar-refractivity contribution in [3.05, 3.63) is 0 Å². The zero-order chi connectivity index (χ0) is 17.9. The minimum absolute atomic E-state index is 0.0134. The van der Waals surface area contributed by atoms with E-state index in [2.05, 4.69) is 9.80 Å². The monoisotopic (exact) mass is 368 g/mol. The van der Waals surface area contributed by atoms with Gasteiger partial charge in [0.1, 0.15) is 19.0 Å². The van der Waals surface area contributed by atoms with E-state index in [-0.39, 0.29) is 36.6 Å². The van der Waals surface area contributed by atoms with E-state index in [1.54, 1.807) is 0 Å². The molecule has 3 atom stereocenters. The highest BCUT2D eigenvalue weighted by atomic mass is 16.7. The first-order chi connectivity index (χ1) is 12.7. The standard InChI is InChI=1S/C19H32N2O5/c1-2-23-18(22)14-5-7-15(8-6-14)26-19(20-9-3-4-10-20)21-11-16-17(12-21)25-13-24-16/h14-17,19H,2-13H2,1H3/t14-,15-,16-,17+,19?. The second-order valence-electron chi connectivity index (χ2n) is 7.91. The number of hydrogen-bond acceptors (Lipinski definition) is 7. The number of ether oxygens (including phenoxy) is 4. The lowest BCUT2D eigenvalue weighted by atomic mass is 9.87. The molecule has 3 aliphatic heterocycles. The quantitative estimate of drug-likeness (QED) is 0.660. The van der Waals surface area contributed by atoms with Gasteiger partial charge in [0.15, 0.2) is 6.35 Å². The van der Waals surface area contributed by atoms with Crippen molar-refractivity contribution in [1.82, 2.24) is 9.80 Å². The Morgan fingerprint density at radius 3 is 2.31 bits per heavy atom. The Balaban J connectivity index is 1.33. The number of likely N-dealkylation sites (tertiary alicyclic amines) is 2. The molecule has 7 nitrogen and oxygen atoms in total. The normalized spacial score (nSPS) is 37.0. The van der Waals surface area contributed by atoms with E-state index < -0.39 is 0 Å². The molecule has 0 bridgehead atoms. The van der Waals surface area contributed by atoms with Crippen molar-refractivity contribution in [1.29, 1.82) is 0 Å². The molecule has 1 aliphatic carbocycles. The molecule has 4 rings (SSSR count). The van der Waals surface area contributed by atoms with Crippen molar-refractivity contribution in [3.8, 4) is 0 Å². The van der Waals surface area contributed by atoms with Gasteiger partial charge < -0.3 is 18.9 Å². The predicted molar refractivity (Wildman–Crippen MR) is 94.2 cm³/mol. The van der Waals surface area contributed by atoms with E-state index in [1.807, 2.05) is 6.92 Å². The molecule has 0 amide bonds. The summed E-state index contributed by atoms with van der Waals surface area (Å²) in [7, 11) is 0. The van der Waals surface area contributed by atoms with Gasteiger partial charge in [0, 0.05) is 26.2 Å². The average molecular weight is 368 g/mol. The molecule has 3 heterocycles. The molecule has 0 aromatic heterocycles. The molecule has 0 spiro atoms. The molecular formula is C19H32N2O5. The minimum Gasteiger partial charge on any atom is -0.466 e. The number of hydrogen-bond donors (Lipinski definition) is 0. The molecule has 4 aliphatic rings. The molecule has 4 fully saturated rings. The molecule has 0 aromatic carbocycles. The fourth-order valence-corrected chi connectivity index (χ4v) is 4.72. The largest absolute Gasteiger partial charge is 0.466 e. The van der Waals surface area contributed by atoms with Crippen molar-refractivity contribution in [2.75, 3.05) is 39.6 Å². The van der Waals surface area contributed by atoms with Crippen molar-refractivity contribution in [2.45, 2.75) is 70.1 Å². The maximum Gasteiger partial charge on any atom is 0.308 e. The van der Waals surface area contributed by atoms with Gasteiger partial charge in [-0.1, -0.05) is 0 Å². The maximum absolute atomic E-state index is 11.9. The Kier molecular flexibility index (Phi) is 6.10. The van der Waals surface area contributed by atoms with E-state index in [0.29, 0.717) is 13.4 Å². The molecule has 1 unspecified atom stereocenters. The molecular weight excluding hydrogens is 336 g/mol. The second-order valence-corrected chi connectivity index (χ2v) is 7.91. The summed E-state index contributed by atoms with van der Waals surface area (Å²) >= 11 is 0. The highest BCUT2D eigenvalue weighted by Gasteiger charge is 2.44. The van der Waals surface area contributed by atoms with Crippen LogP contribution in [0.5, 0.6) is 0 Å². The van der Waals surface area contributed by atoms with Crippen molar-refractivity contribution in [3.63, 3.8) is 0 Å². The summed E-state index contributed by atoms with van der Waals surface area (Å²) in [6, 6.07) is 0. The van der Waals surface area contributed by atoms with Crippen LogP contribution in [0.1, 0.15) is 45.4 Å². The van der Waals surface area contributed by atoms with Gasteiger partial charge in [0.25, 0.3) is 0 Å². The molecule has 7 heteroatoms. The third-order valence-electron chi connectivity index (χ3n) is 6.18. The number of carbonyl (C=O) groups excluding carboxylic acids is 1. The molecule has 1 saturated carbocycles. The Morgan fingerprint density at radius 1 is 1.04 bits per heavy atom. The van der Waals surface area contributed by atoms with Crippen LogP contribution in [0.4, 0.5) is 0 Å². The van der Waals surface area contributed by atoms with E-state index in [0.717, 1.165) is 51.9 Å². The van der Waals surface area contributed by atoms with Gasteiger partial charge in [-0.3, -0.25) is 14.6 Å². The molecule has 148 valence electrons. The lowest BCUT2D eigenvalue weighted by Gasteiger charge is -2.39.